The Morgan fingerprint density at radius 1 is 1.44 bits per heavy atom. The van der Waals surface area contributed by atoms with Crippen LogP contribution in [0, 0.1) is 0 Å². The SMILES string of the molecule is CN(C(=O)N1CCC(O)C1)C(C)(C)C(=O)O. The minimum absolute atomic E-state index is 0.277. The number of β-amino-alcohol motifs (C(OH)–C–C–N with tert-alkyl or cyclic N) is 1. The number of carbonyl (C=O) groups excluding carboxylic acids is 1. The average molecular weight is 230 g/mol. The van der Waals surface area contributed by atoms with E-state index in [4.69, 9.17) is 5.11 Å². The Morgan fingerprint density at radius 2 is 2.00 bits per heavy atom. The molecule has 0 aromatic rings. The van der Waals surface area contributed by atoms with Crippen molar-refractivity contribution in [2.75, 3.05) is 20.1 Å². The Bertz CT molecular complexity index is 303. The second-order valence-electron chi connectivity index (χ2n) is 4.59. The van der Waals surface area contributed by atoms with Gasteiger partial charge in [-0.1, -0.05) is 0 Å². The Morgan fingerprint density at radius 3 is 2.38 bits per heavy atom. The molecule has 1 rings (SSSR count). The molecule has 16 heavy (non-hydrogen) atoms. The number of hydrogen-bond acceptors (Lipinski definition) is 3. The zero-order valence-corrected chi connectivity index (χ0v) is 9.80. The number of carboxylic acids is 1. The van der Waals surface area contributed by atoms with E-state index in [1.807, 2.05) is 0 Å². The van der Waals surface area contributed by atoms with Gasteiger partial charge in [0, 0.05) is 20.1 Å². The van der Waals surface area contributed by atoms with E-state index in [9.17, 15) is 14.7 Å². The summed E-state index contributed by atoms with van der Waals surface area (Å²) in [4.78, 5) is 25.6. The van der Waals surface area contributed by atoms with Crippen molar-refractivity contribution in [3.05, 3.63) is 0 Å². The van der Waals surface area contributed by atoms with Crippen LogP contribution in [0.15, 0.2) is 0 Å². The third kappa shape index (κ3) is 2.27. The first-order chi connectivity index (χ1) is 7.26. The molecule has 2 amide bonds. The van der Waals surface area contributed by atoms with Crippen LogP contribution >= 0.6 is 0 Å². The van der Waals surface area contributed by atoms with Crippen molar-refractivity contribution in [2.24, 2.45) is 0 Å². The first-order valence-electron chi connectivity index (χ1n) is 5.21. The number of carbonyl (C=O) groups is 2. The van der Waals surface area contributed by atoms with Crippen molar-refractivity contribution < 1.29 is 19.8 Å². The molecule has 6 nitrogen and oxygen atoms in total. The summed E-state index contributed by atoms with van der Waals surface area (Å²) in [7, 11) is 1.46. The van der Waals surface area contributed by atoms with Gasteiger partial charge in [0.05, 0.1) is 6.10 Å². The van der Waals surface area contributed by atoms with Crippen LogP contribution in [0.5, 0.6) is 0 Å². The molecule has 0 aromatic heterocycles. The van der Waals surface area contributed by atoms with Crippen LogP contribution in [0.1, 0.15) is 20.3 Å². The molecular weight excluding hydrogens is 212 g/mol. The zero-order valence-electron chi connectivity index (χ0n) is 9.80. The molecule has 0 aliphatic carbocycles. The molecule has 1 aliphatic rings. The maximum Gasteiger partial charge on any atom is 0.329 e. The molecule has 1 saturated heterocycles. The molecule has 1 aliphatic heterocycles. The maximum absolute atomic E-state index is 11.9. The topological polar surface area (TPSA) is 81.1 Å². The van der Waals surface area contributed by atoms with Gasteiger partial charge >= 0.3 is 12.0 Å². The smallest absolute Gasteiger partial charge is 0.329 e. The van der Waals surface area contributed by atoms with Crippen molar-refractivity contribution in [2.45, 2.75) is 31.9 Å². The second-order valence-corrected chi connectivity index (χ2v) is 4.59. The number of likely N-dealkylation sites (N-methyl/N-ethyl adjacent to an activating group) is 1. The van der Waals surface area contributed by atoms with E-state index in [0.29, 0.717) is 13.0 Å². The third-order valence-electron chi connectivity index (χ3n) is 3.08. The van der Waals surface area contributed by atoms with E-state index in [0.717, 1.165) is 0 Å². The first kappa shape index (κ1) is 12.8. The summed E-state index contributed by atoms with van der Waals surface area (Å²) in [6.07, 6.45) is 0.0536. The lowest BCUT2D eigenvalue weighted by molar-refractivity contribution is -0.147. The number of aliphatic hydroxyl groups excluding tert-OH is 1. The van der Waals surface area contributed by atoms with Crippen molar-refractivity contribution in [1.82, 2.24) is 9.80 Å². The summed E-state index contributed by atoms with van der Waals surface area (Å²) in [5, 5.41) is 18.3. The predicted octanol–water partition coefficient (Wildman–Crippen LogP) is -0.0320. The van der Waals surface area contributed by atoms with Gasteiger partial charge in [-0.3, -0.25) is 0 Å². The van der Waals surface area contributed by atoms with Gasteiger partial charge in [0.15, 0.2) is 0 Å². The van der Waals surface area contributed by atoms with Crippen LogP contribution in [-0.2, 0) is 4.79 Å². The van der Waals surface area contributed by atoms with Gasteiger partial charge in [-0.25, -0.2) is 9.59 Å². The van der Waals surface area contributed by atoms with Gasteiger partial charge < -0.3 is 20.0 Å². The maximum atomic E-state index is 11.9. The van der Waals surface area contributed by atoms with E-state index in [1.54, 1.807) is 0 Å². The van der Waals surface area contributed by atoms with E-state index in [-0.39, 0.29) is 12.6 Å². The normalized spacial score (nSPS) is 21.0. The van der Waals surface area contributed by atoms with Crippen LogP contribution in [0.2, 0.25) is 0 Å². The third-order valence-corrected chi connectivity index (χ3v) is 3.08. The number of hydrogen-bond donors (Lipinski definition) is 2. The number of carboxylic acid groups (broad SMARTS) is 1. The van der Waals surface area contributed by atoms with Crippen LogP contribution in [0.4, 0.5) is 4.79 Å². The summed E-state index contributed by atoms with van der Waals surface area (Å²) in [5.41, 5.74) is -1.25. The summed E-state index contributed by atoms with van der Waals surface area (Å²) < 4.78 is 0. The number of likely N-dealkylation sites (tertiary alicyclic amines) is 1. The summed E-state index contributed by atoms with van der Waals surface area (Å²) in [5.74, 6) is -1.05. The molecule has 0 bridgehead atoms. The van der Waals surface area contributed by atoms with E-state index >= 15 is 0 Å². The highest BCUT2D eigenvalue weighted by atomic mass is 16.4. The van der Waals surface area contributed by atoms with Crippen molar-refractivity contribution >= 4 is 12.0 Å². The van der Waals surface area contributed by atoms with Crippen LogP contribution in [0.25, 0.3) is 0 Å². The Kier molecular flexibility index (Phi) is 3.42. The molecular formula is C10H18N2O4. The molecule has 1 heterocycles. The highest BCUT2D eigenvalue weighted by Crippen LogP contribution is 2.18. The molecule has 0 saturated carbocycles. The minimum Gasteiger partial charge on any atom is -0.480 e. The summed E-state index contributed by atoms with van der Waals surface area (Å²) in [6, 6.07) is -0.357. The molecule has 2 N–H and O–H groups in total. The van der Waals surface area contributed by atoms with Crippen LogP contribution < -0.4 is 0 Å². The van der Waals surface area contributed by atoms with Gasteiger partial charge in [0.1, 0.15) is 5.54 Å². The monoisotopic (exact) mass is 230 g/mol. The lowest BCUT2D eigenvalue weighted by Crippen LogP contribution is -2.54. The van der Waals surface area contributed by atoms with E-state index in [1.165, 1.54) is 30.7 Å². The zero-order chi connectivity index (χ0) is 12.5. The minimum atomic E-state index is -1.25. The lowest BCUT2D eigenvalue weighted by Gasteiger charge is -2.34. The Hall–Kier alpha value is -1.30. The summed E-state index contributed by atoms with van der Waals surface area (Å²) in [6.45, 7) is 3.69. The van der Waals surface area contributed by atoms with Gasteiger partial charge in [-0.15, -0.1) is 0 Å². The summed E-state index contributed by atoms with van der Waals surface area (Å²) >= 11 is 0. The Labute approximate surface area is 94.4 Å². The van der Waals surface area contributed by atoms with Gasteiger partial charge in [-0.2, -0.15) is 0 Å². The number of aliphatic hydroxyl groups is 1. The van der Waals surface area contributed by atoms with Crippen LogP contribution in [0.3, 0.4) is 0 Å². The lowest BCUT2D eigenvalue weighted by atomic mass is 10.0. The van der Waals surface area contributed by atoms with Crippen molar-refractivity contribution in [3.8, 4) is 0 Å². The number of urea groups is 1. The molecule has 6 heteroatoms. The molecule has 1 unspecified atom stereocenters. The predicted molar refractivity (Wildman–Crippen MR) is 57.1 cm³/mol. The molecule has 1 atom stereocenters. The fourth-order valence-corrected chi connectivity index (χ4v) is 1.51. The highest BCUT2D eigenvalue weighted by molar-refractivity contribution is 5.85. The number of aliphatic carboxylic acids is 1. The second kappa shape index (κ2) is 4.29. The average Bonchev–Trinajstić information content (AvgIpc) is 2.62. The van der Waals surface area contributed by atoms with Gasteiger partial charge in [0.25, 0.3) is 0 Å². The Balaban J connectivity index is 2.71. The number of nitrogens with zero attached hydrogens (tertiary/aromatic N) is 2. The van der Waals surface area contributed by atoms with Crippen LogP contribution in [-0.4, -0.2) is 63.8 Å². The fourth-order valence-electron chi connectivity index (χ4n) is 1.51. The quantitative estimate of drug-likeness (QED) is 0.698. The molecule has 0 radical (unpaired) electrons. The fraction of sp³-hybridized carbons (Fsp3) is 0.800. The van der Waals surface area contributed by atoms with Crippen molar-refractivity contribution in [1.29, 1.82) is 0 Å². The molecule has 1 fully saturated rings. The highest BCUT2D eigenvalue weighted by Gasteiger charge is 2.38. The number of rotatable bonds is 2. The number of amides is 2. The largest absolute Gasteiger partial charge is 0.480 e. The standard InChI is InChI=1S/C10H18N2O4/c1-10(2,8(14)15)11(3)9(16)12-5-4-7(13)6-12/h7,13H,4-6H2,1-3H3,(H,14,15). The van der Waals surface area contributed by atoms with Gasteiger partial charge in [-0.05, 0) is 20.3 Å². The van der Waals surface area contributed by atoms with E-state index in [2.05, 4.69) is 0 Å². The van der Waals surface area contributed by atoms with Crippen molar-refractivity contribution in [3.63, 3.8) is 0 Å². The molecule has 0 aromatic carbocycles. The first-order valence-corrected chi connectivity index (χ1v) is 5.21. The van der Waals surface area contributed by atoms with Gasteiger partial charge in [0.2, 0.25) is 0 Å². The molecule has 92 valence electrons. The van der Waals surface area contributed by atoms with E-state index < -0.39 is 17.6 Å². The molecule has 0 spiro atoms.